The van der Waals surface area contributed by atoms with Crippen molar-refractivity contribution in [1.29, 1.82) is 0 Å². The van der Waals surface area contributed by atoms with Crippen molar-refractivity contribution in [3.8, 4) is 5.75 Å². The molecule has 1 atom stereocenters. The van der Waals surface area contributed by atoms with E-state index >= 15 is 0 Å². The number of ether oxygens (including phenoxy) is 1. The number of benzene rings is 1. The minimum atomic E-state index is -0.725. The third-order valence-corrected chi connectivity index (χ3v) is 4.33. The second-order valence-electron chi connectivity index (χ2n) is 4.97. The summed E-state index contributed by atoms with van der Waals surface area (Å²) in [5.74, 6) is -0.484. The molecule has 0 fully saturated rings. The average Bonchev–Trinajstić information content (AvgIpc) is 2.96. The van der Waals surface area contributed by atoms with Gasteiger partial charge in [-0.25, -0.2) is 0 Å². The Morgan fingerprint density at radius 2 is 2.13 bits per heavy atom. The molecule has 0 bridgehead atoms. The fourth-order valence-electron chi connectivity index (χ4n) is 1.97. The highest BCUT2D eigenvalue weighted by Gasteiger charge is 2.22. The van der Waals surface area contributed by atoms with Gasteiger partial charge in [-0.3, -0.25) is 9.59 Å². The lowest BCUT2D eigenvalue weighted by atomic mass is 10.2. The van der Waals surface area contributed by atoms with Gasteiger partial charge in [0.05, 0.1) is 10.6 Å². The van der Waals surface area contributed by atoms with E-state index in [0.29, 0.717) is 22.2 Å². The number of hydrogen-bond donors (Lipinski definition) is 2. The zero-order chi connectivity index (χ0) is 17.0. The van der Waals surface area contributed by atoms with Crippen LogP contribution in [0.4, 0.5) is 5.00 Å². The minimum absolute atomic E-state index is 0.284. The van der Waals surface area contributed by atoms with Crippen LogP contribution in [0.1, 0.15) is 29.3 Å². The van der Waals surface area contributed by atoms with Crippen molar-refractivity contribution in [2.75, 3.05) is 5.32 Å². The third-order valence-electron chi connectivity index (χ3n) is 3.19. The molecule has 5 nitrogen and oxygen atoms in total. The van der Waals surface area contributed by atoms with Gasteiger partial charge in [0.15, 0.2) is 6.10 Å². The lowest BCUT2D eigenvalue weighted by Crippen LogP contribution is -2.32. The first-order chi connectivity index (χ1) is 10.9. The van der Waals surface area contributed by atoms with Crippen LogP contribution in [-0.2, 0) is 4.79 Å². The van der Waals surface area contributed by atoms with Crippen LogP contribution in [0.2, 0.25) is 5.02 Å². The van der Waals surface area contributed by atoms with E-state index < -0.39 is 12.0 Å². The number of carbonyl (C=O) groups is 2. The molecule has 2 rings (SSSR count). The summed E-state index contributed by atoms with van der Waals surface area (Å²) in [6.07, 6.45) is -0.273. The normalized spacial score (nSPS) is 11.8. The first kappa shape index (κ1) is 17.3. The van der Waals surface area contributed by atoms with Crippen molar-refractivity contribution in [2.24, 2.45) is 5.73 Å². The Bertz CT molecular complexity index is 730. The van der Waals surface area contributed by atoms with Gasteiger partial charge in [-0.15, -0.1) is 11.3 Å². The fourth-order valence-corrected chi connectivity index (χ4v) is 2.93. The Morgan fingerprint density at radius 1 is 1.39 bits per heavy atom. The molecule has 0 unspecified atom stereocenters. The molecule has 7 heteroatoms. The summed E-state index contributed by atoms with van der Waals surface area (Å²) in [4.78, 5) is 23.7. The van der Waals surface area contributed by atoms with Crippen molar-refractivity contribution in [3.05, 3.63) is 45.8 Å². The van der Waals surface area contributed by atoms with Crippen LogP contribution >= 0.6 is 22.9 Å². The molecule has 0 saturated heterocycles. The Labute approximate surface area is 143 Å². The summed E-state index contributed by atoms with van der Waals surface area (Å²) in [5, 5.41) is 5.23. The smallest absolute Gasteiger partial charge is 0.266 e. The highest BCUT2D eigenvalue weighted by atomic mass is 35.5. The second kappa shape index (κ2) is 7.48. The van der Waals surface area contributed by atoms with Crippen molar-refractivity contribution in [3.63, 3.8) is 0 Å². The number of aryl methyl sites for hydroxylation is 1. The summed E-state index contributed by atoms with van der Waals surface area (Å²) in [6.45, 7) is 3.74. The topological polar surface area (TPSA) is 81.4 Å². The molecule has 1 aromatic carbocycles. The maximum atomic E-state index is 12.4. The number of primary amides is 1. The van der Waals surface area contributed by atoms with Gasteiger partial charge in [-0.2, -0.15) is 0 Å². The molecule has 1 heterocycles. The van der Waals surface area contributed by atoms with Gasteiger partial charge in [0.2, 0.25) is 0 Å². The molecule has 0 radical (unpaired) electrons. The Balaban J connectivity index is 2.14. The highest BCUT2D eigenvalue weighted by Crippen LogP contribution is 2.28. The number of halogens is 1. The summed E-state index contributed by atoms with van der Waals surface area (Å²) >= 11 is 7.33. The maximum absolute atomic E-state index is 12.4. The van der Waals surface area contributed by atoms with Gasteiger partial charge in [0.25, 0.3) is 11.8 Å². The number of nitrogens with two attached hydrogens (primary N) is 1. The number of hydrogen-bond acceptors (Lipinski definition) is 4. The van der Waals surface area contributed by atoms with Crippen LogP contribution < -0.4 is 15.8 Å². The number of anilines is 1. The molecule has 122 valence electrons. The minimum Gasteiger partial charge on any atom is -0.479 e. The van der Waals surface area contributed by atoms with Gasteiger partial charge in [0.1, 0.15) is 10.8 Å². The van der Waals surface area contributed by atoms with Crippen molar-refractivity contribution < 1.29 is 14.3 Å². The fraction of sp³-hybridized carbons (Fsp3) is 0.250. The van der Waals surface area contributed by atoms with Crippen LogP contribution in [0.25, 0.3) is 0 Å². The summed E-state index contributed by atoms with van der Waals surface area (Å²) in [5.41, 5.74) is 6.54. The van der Waals surface area contributed by atoms with Gasteiger partial charge in [-0.05, 0) is 42.5 Å². The number of carbonyl (C=O) groups excluding carboxylic acids is 2. The van der Waals surface area contributed by atoms with E-state index in [2.05, 4.69) is 5.32 Å². The molecule has 0 aliphatic carbocycles. The summed E-state index contributed by atoms with van der Waals surface area (Å²) in [7, 11) is 0. The quantitative estimate of drug-likeness (QED) is 0.833. The highest BCUT2D eigenvalue weighted by molar-refractivity contribution is 7.14. The number of amides is 2. The van der Waals surface area contributed by atoms with Crippen LogP contribution in [-0.4, -0.2) is 17.9 Å². The molecule has 2 aromatic rings. The third kappa shape index (κ3) is 4.24. The number of thiophene rings is 1. The van der Waals surface area contributed by atoms with Crippen LogP contribution in [0.3, 0.4) is 0 Å². The van der Waals surface area contributed by atoms with Crippen molar-refractivity contribution >= 4 is 39.8 Å². The Hall–Kier alpha value is -2.05. The van der Waals surface area contributed by atoms with E-state index in [0.717, 1.165) is 5.56 Å². The van der Waals surface area contributed by atoms with Gasteiger partial charge in [0, 0.05) is 0 Å². The SMILES string of the molecule is CC[C@H](Oc1cc(C)ccc1Cl)C(=O)Nc1sccc1C(N)=O. The molecule has 0 saturated carbocycles. The summed E-state index contributed by atoms with van der Waals surface area (Å²) < 4.78 is 5.73. The second-order valence-corrected chi connectivity index (χ2v) is 6.29. The molecule has 0 aliphatic rings. The molecule has 3 N–H and O–H groups in total. The molecule has 0 aliphatic heterocycles. The standard InChI is InChI=1S/C16H17ClN2O3S/c1-3-12(22-13-8-9(2)4-5-11(13)17)15(21)19-16-10(14(18)20)6-7-23-16/h4-8,12H,3H2,1-2H3,(H2,18,20)(H,19,21)/t12-/m0/s1. The van der Waals surface area contributed by atoms with Gasteiger partial charge >= 0.3 is 0 Å². The predicted molar refractivity (Wildman–Crippen MR) is 92.4 cm³/mol. The Kier molecular flexibility index (Phi) is 5.63. The van der Waals surface area contributed by atoms with E-state index in [1.165, 1.54) is 11.3 Å². The first-order valence-electron chi connectivity index (χ1n) is 7.03. The molecule has 2 amide bonds. The number of rotatable bonds is 6. The van der Waals surface area contributed by atoms with Gasteiger partial charge in [-0.1, -0.05) is 24.6 Å². The monoisotopic (exact) mass is 352 g/mol. The zero-order valence-corrected chi connectivity index (χ0v) is 14.3. The summed E-state index contributed by atoms with van der Waals surface area (Å²) in [6, 6.07) is 6.93. The lowest BCUT2D eigenvalue weighted by Gasteiger charge is -2.18. The van der Waals surface area contributed by atoms with Crippen LogP contribution in [0.15, 0.2) is 29.6 Å². The average molecular weight is 353 g/mol. The molecular formula is C16H17ClN2O3S. The maximum Gasteiger partial charge on any atom is 0.266 e. The van der Waals surface area contributed by atoms with E-state index in [9.17, 15) is 9.59 Å². The van der Waals surface area contributed by atoms with Gasteiger partial charge < -0.3 is 15.8 Å². The van der Waals surface area contributed by atoms with E-state index in [1.54, 1.807) is 23.6 Å². The predicted octanol–water partition coefficient (Wildman–Crippen LogP) is 3.60. The zero-order valence-electron chi connectivity index (χ0n) is 12.8. The van der Waals surface area contributed by atoms with Crippen LogP contribution in [0, 0.1) is 6.92 Å². The Morgan fingerprint density at radius 3 is 2.78 bits per heavy atom. The molecular weight excluding hydrogens is 336 g/mol. The van der Waals surface area contributed by atoms with Crippen LogP contribution in [0.5, 0.6) is 5.75 Å². The van der Waals surface area contributed by atoms with E-state index in [4.69, 9.17) is 22.1 Å². The van der Waals surface area contributed by atoms with E-state index in [-0.39, 0.29) is 11.5 Å². The van der Waals surface area contributed by atoms with E-state index in [1.807, 2.05) is 19.9 Å². The van der Waals surface area contributed by atoms with Crippen molar-refractivity contribution in [2.45, 2.75) is 26.4 Å². The molecule has 23 heavy (non-hydrogen) atoms. The largest absolute Gasteiger partial charge is 0.479 e. The first-order valence-corrected chi connectivity index (χ1v) is 8.29. The number of nitrogens with one attached hydrogen (secondary N) is 1. The molecule has 1 aromatic heterocycles. The lowest BCUT2D eigenvalue weighted by molar-refractivity contribution is -0.122. The van der Waals surface area contributed by atoms with Crippen molar-refractivity contribution in [1.82, 2.24) is 0 Å². The molecule has 0 spiro atoms.